The summed E-state index contributed by atoms with van der Waals surface area (Å²) in [6, 6.07) is 12.1. The minimum atomic E-state index is -4.90. The third kappa shape index (κ3) is 7.84. The monoisotopic (exact) mass is 524 g/mol. The lowest BCUT2D eigenvalue weighted by atomic mass is 10.1. The molecule has 0 bridgehead atoms. The van der Waals surface area contributed by atoms with Crippen molar-refractivity contribution in [3.8, 4) is 17.3 Å². The molecule has 1 atom stereocenters. The number of hydrogen-bond acceptors (Lipinski definition) is 7. The van der Waals surface area contributed by atoms with E-state index in [1.807, 2.05) is 0 Å². The van der Waals surface area contributed by atoms with E-state index in [-0.39, 0.29) is 37.0 Å². The maximum Gasteiger partial charge on any atom is 0.573 e. The highest BCUT2D eigenvalue weighted by molar-refractivity contribution is 5.89. The molecule has 1 unspecified atom stereocenters. The second kappa shape index (κ2) is 12.4. The fourth-order valence-corrected chi connectivity index (χ4v) is 3.32. The number of alkyl halides is 3. The molecule has 2 amide bonds. The molecule has 0 fully saturated rings. The van der Waals surface area contributed by atoms with Gasteiger partial charge in [0.05, 0.1) is 24.5 Å². The third-order valence-corrected chi connectivity index (χ3v) is 5.04. The summed E-state index contributed by atoms with van der Waals surface area (Å²) in [6.45, 7) is 0.784. The number of urea groups is 1. The molecule has 0 aliphatic carbocycles. The first-order valence-electron chi connectivity index (χ1n) is 11.1. The summed E-state index contributed by atoms with van der Waals surface area (Å²) in [5.41, 5.74) is 1.70. The van der Waals surface area contributed by atoms with Crippen LogP contribution in [0.15, 0.2) is 48.5 Å². The number of rotatable bonds is 11. The number of hydrogen-bond donors (Lipinski definition) is 4. The van der Waals surface area contributed by atoms with Crippen molar-refractivity contribution in [3.63, 3.8) is 0 Å². The van der Waals surface area contributed by atoms with Crippen LogP contribution in [0, 0.1) is 6.92 Å². The second-order valence-electron chi connectivity index (χ2n) is 7.90. The van der Waals surface area contributed by atoms with Crippen molar-refractivity contribution in [3.05, 3.63) is 65.2 Å². The minimum absolute atomic E-state index is 0.0947. The van der Waals surface area contributed by atoms with Crippen molar-refractivity contribution < 1.29 is 42.4 Å². The zero-order valence-electron chi connectivity index (χ0n) is 20.1. The highest BCUT2D eigenvalue weighted by Gasteiger charge is 2.32. The predicted molar refractivity (Wildman–Crippen MR) is 127 cm³/mol. The number of nitrogens with one attached hydrogen (secondary N) is 2. The van der Waals surface area contributed by atoms with Crippen LogP contribution in [0.25, 0.3) is 5.69 Å². The molecular formula is C24H27F3N4O6. The molecule has 0 saturated heterocycles. The fraction of sp³-hybridized carbons (Fsp3) is 0.333. The molecule has 2 aromatic carbocycles. The van der Waals surface area contributed by atoms with Crippen LogP contribution in [-0.2, 0) is 17.9 Å². The van der Waals surface area contributed by atoms with E-state index in [0.29, 0.717) is 16.8 Å². The fourth-order valence-electron chi connectivity index (χ4n) is 3.32. The van der Waals surface area contributed by atoms with Crippen molar-refractivity contribution in [2.75, 3.05) is 25.6 Å². The Balaban J connectivity index is 1.81. The molecule has 13 heteroatoms. The highest BCUT2D eigenvalue weighted by Crippen LogP contribution is 2.29. The highest BCUT2D eigenvalue weighted by atomic mass is 19.4. The van der Waals surface area contributed by atoms with E-state index >= 15 is 0 Å². The molecule has 0 saturated carbocycles. The molecule has 0 radical (unpaired) electrons. The molecule has 1 heterocycles. The van der Waals surface area contributed by atoms with Gasteiger partial charge in [-0.05, 0) is 36.8 Å². The normalized spacial score (nSPS) is 12.2. The van der Waals surface area contributed by atoms with Gasteiger partial charge in [0, 0.05) is 19.2 Å². The summed E-state index contributed by atoms with van der Waals surface area (Å²) in [6.07, 6.45) is -6.03. The number of nitrogens with zero attached hydrogens (tertiary/aromatic N) is 2. The molecule has 37 heavy (non-hydrogen) atoms. The van der Waals surface area contributed by atoms with Crippen LogP contribution >= 0.6 is 0 Å². The van der Waals surface area contributed by atoms with Gasteiger partial charge in [0.15, 0.2) is 0 Å². The Hall–Kier alpha value is -3.81. The van der Waals surface area contributed by atoms with E-state index in [1.54, 1.807) is 37.3 Å². The summed E-state index contributed by atoms with van der Waals surface area (Å²) in [4.78, 5) is 12.8. The summed E-state index contributed by atoms with van der Waals surface area (Å²) in [5, 5.41) is 28.1. The molecule has 3 aromatic rings. The predicted octanol–water partition coefficient (Wildman–Crippen LogP) is 3.28. The number of amides is 2. The quantitative estimate of drug-likeness (QED) is 0.303. The third-order valence-electron chi connectivity index (χ3n) is 5.04. The van der Waals surface area contributed by atoms with Crippen molar-refractivity contribution in [2.24, 2.45) is 0 Å². The Morgan fingerprint density at radius 2 is 1.92 bits per heavy atom. The summed E-state index contributed by atoms with van der Waals surface area (Å²) >= 11 is 0. The van der Waals surface area contributed by atoms with Crippen LogP contribution < -0.4 is 20.1 Å². The number of carbonyl (C=O) groups excluding carboxylic acids is 1. The second-order valence-corrected chi connectivity index (χ2v) is 7.90. The van der Waals surface area contributed by atoms with Gasteiger partial charge in [-0.2, -0.15) is 0 Å². The van der Waals surface area contributed by atoms with E-state index in [4.69, 9.17) is 14.6 Å². The Morgan fingerprint density at radius 3 is 2.57 bits per heavy atom. The Labute approximate surface area is 210 Å². The molecule has 4 N–H and O–H groups in total. The number of aliphatic hydroxyl groups excluding tert-OH is 2. The van der Waals surface area contributed by atoms with Gasteiger partial charge in [0.2, 0.25) is 5.88 Å². The number of carbonyl (C=O) groups is 1. The van der Waals surface area contributed by atoms with Crippen molar-refractivity contribution in [1.82, 2.24) is 15.1 Å². The number of halogens is 3. The van der Waals surface area contributed by atoms with E-state index in [2.05, 4.69) is 20.5 Å². The van der Waals surface area contributed by atoms with Gasteiger partial charge in [-0.25, -0.2) is 9.48 Å². The van der Waals surface area contributed by atoms with Gasteiger partial charge in [0.1, 0.15) is 24.3 Å². The number of benzene rings is 2. The first-order chi connectivity index (χ1) is 17.6. The van der Waals surface area contributed by atoms with Crippen molar-refractivity contribution >= 4 is 11.8 Å². The van der Waals surface area contributed by atoms with Crippen molar-refractivity contribution in [1.29, 1.82) is 0 Å². The molecule has 200 valence electrons. The molecule has 0 spiro atoms. The van der Waals surface area contributed by atoms with Crippen LogP contribution in [0.3, 0.4) is 0 Å². The standard InChI is InChI=1S/C24H27F3N4O6/c1-15-21(31(18-6-4-3-5-7-18)30-22(15)36-14-19(33)12-32)29-23(34)28-11-17-10-16(13-35-2)8-9-20(17)37-24(25,26)27/h3-10,19,32-33H,11-14H2,1-2H3,(H2,28,29,34). The topological polar surface area (TPSA) is 127 Å². The molecule has 0 aliphatic rings. The van der Waals surface area contributed by atoms with Gasteiger partial charge < -0.3 is 29.7 Å². The van der Waals surface area contributed by atoms with E-state index in [9.17, 15) is 23.1 Å². The summed E-state index contributed by atoms with van der Waals surface area (Å²) in [5.74, 6) is -0.104. The molecule has 1 aromatic heterocycles. The van der Waals surface area contributed by atoms with E-state index < -0.39 is 30.9 Å². The number of para-hydroxylation sites is 1. The largest absolute Gasteiger partial charge is 0.573 e. The number of aromatic nitrogens is 2. The van der Waals surface area contributed by atoms with Crippen LogP contribution in [0.1, 0.15) is 16.7 Å². The zero-order valence-corrected chi connectivity index (χ0v) is 20.1. The van der Waals surface area contributed by atoms with Gasteiger partial charge in [-0.15, -0.1) is 18.3 Å². The zero-order chi connectivity index (χ0) is 27.0. The first kappa shape index (κ1) is 27.8. The average Bonchev–Trinajstić information content (AvgIpc) is 3.17. The minimum Gasteiger partial charge on any atom is -0.474 e. The first-order valence-corrected chi connectivity index (χ1v) is 11.1. The van der Waals surface area contributed by atoms with Gasteiger partial charge >= 0.3 is 12.4 Å². The maximum absolute atomic E-state index is 12.8. The lowest BCUT2D eigenvalue weighted by Gasteiger charge is -2.16. The van der Waals surface area contributed by atoms with E-state index in [1.165, 1.54) is 23.9 Å². The van der Waals surface area contributed by atoms with Crippen LogP contribution in [0.5, 0.6) is 11.6 Å². The lowest BCUT2D eigenvalue weighted by Crippen LogP contribution is -2.30. The SMILES string of the molecule is COCc1ccc(OC(F)(F)F)c(CNC(=O)Nc2c(C)c(OCC(O)CO)nn2-c2ccccc2)c1. The number of ether oxygens (including phenoxy) is 3. The summed E-state index contributed by atoms with van der Waals surface area (Å²) in [7, 11) is 1.45. The number of aliphatic hydroxyl groups is 2. The molecule has 10 nitrogen and oxygen atoms in total. The number of methoxy groups -OCH3 is 1. The molecule has 3 rings (SSSR count). The Bertz CT molecular complexity index is 1190. The van der Waals surface area contributed by atoms with E-state index in [0.717, 1.165) is 6.07 Å². The Morgan fingerprint density at radius 1 is 1.19 bits per heavy atom. The Kier molecular flexibility index (Phi) is 9.33. The average molecular weight is 524 g/mol. The molecule has 0 aliphatic heterocycles. The van der Waals surface area contributed by atoms with Crippen LogP contribution in [-0.4, -0.2) is 58.8 Å². The molecular weight excluding hydrogens is 497 g/mol. The number of anilines is 1. The van der Waals surface area contributed by atoms with Gasteiger partial charge in [-0.3, -0.25) is 5.32 Å². The van der Waals surface area contributed by atoms with Gasteiger partial charge in [0.25, 0.3) is 0 Å². The van der Waals surface area contributed by atoms with Crippen LogP contribution in [0.2, 0.25) is 0 Å². The van der Waals surface area contributed by atoms with Crippen molar-refractivity contribution in [2.45, 2.75) is 32.5 Å². The maximum atomic E-state index is 12.8. The van der Waals surface area contributed by atoms with Crippen LogP contribution in [0.4, 0.5) is 23.8 Å². The summed E-state index contributed by atoms with van der Waals surface area (Å²) < 4.78 is 54.6. The smallest absolute Gasteiger partial charge is 0.474 e. The van der Waals surface area contributed by atoms with Gasteiger partial charge in [-0.1, -0.05) is 24.3 Å². The lowest BCUT2D eigenvalue weighted by molar-refractivity contribution is -0.274.